The van der Waals surface area contributed by atoms with Gasteiger partial charge in [-0.2, -0.15) is 0 Å². The number of rotatable bonds is 7. The van der Waals surface area contributed by atoms with Crippen LogP contribution < -0.4 is 10.2 Å². The Morgan fingerprint density at radius 3 is 2.53 bits per heavy atom. The molecular formula is C25H30N4O3. The molecule has 0 bridgehead atoms. The summed E-state index contributed by atoms with van der Waals surface area (Å²) in [5.74, 6) is -0.146. The molecule has 2 aromatic carbocycles. The molecule has 7 heteroatoms. The summed E-state index contributed by atoms with van der Waals surface area (Å²) >= 11 is 0. The van der Waals surface area contributed by atoms with Gasteiger partial charge in [0.2, 0.25) is 5.91 Å². The number of carbonyl (C=O) groups excluding carboxylic acids is 2. The van der Waals surface area contributed by atoms with Gasteiger partial charge in [0.25, 0.3) is 0 Å². The molecule has 1 aliphatic rings. The number of aromatic nitrogens is 1. The summed E-state index contributed by atoms with van der Waals surface area (Å²) in [6.45, 7) is 7.09. The fourth-order valence-electron chi connectivity index (χ4n) is 4.14. The number of aromatic amines is 1. The van der Waals surface area contributed by atoms with Crippen LogP contribution in [0.3, 0.4) is 0 Å². The van der Waals surface area contributed by atoms with Crippen molar-refractivity contribution in [1.82, 2.24) is 9.88 Å². The lowest BCUT2D eigenvalue weighted by Crippen LogP contribution is -2.41. The van der Waals surface area contributed by atoms with Crippen molar-refractivity contribution in [3.8, 4) is 0 Å². The number of ether oxygens (including phenoxy) is 1. The lowest BCUT2D eigenvalue weighted by atomic mass is 10.0. The third-order valence-corrected chi connectivity index (χ3v) is 6.10. The second-order valence-electron chi connectivity index (χ2n) is 8.32. The van der Waals surface area contributed by atoms with Crippen molar-refractivity contribution in [2.24, 2.45) is 0 Å². The SMILES string of the molecule is Cc1[nH]c2ccccc2c1C(=O)[C@H](C)N(C)CC(=O)Nc1ccc(N2CCOCC2)cc1. The minimum absolute atomic E-state index is 0.00474. The Hall–Kier alpha value is -3.16. The highest BCUT2D eigenvalue weighted by atomic mass is 16.5. The smallest absolute Gasteiger partial charge is 0.238 e. The number of H-pyrrole nitrogens is 1. The zero-order chi connectivity index (χ0) is 22.7. The average molecular weight is 435 g/mol. The van der Waals surface area contributed by atoms with Gasteiger partial charge in [-0.15, -0.1) is 0 Å². The number of hydrogen-bond donors (Lipinski definition) is 2. The fraction of sp³-hybridized carbons (Fsp3) is 0.360. The fourth-order valence-corrected chi connectivity index (χ4v) is 4.14. The van der Waals surface area contributed by atoms with Gasteiger partial charge in [-0.1, -0.05) is 18.2 Å². The number of morpholine rings is 1. The van der Waals surface area contributed by atoms with Crippen LogP contribution in [0.4, 0.5) is 11.4 Å². The standard InChI is InChI=1S/C25H30N4O3/c1-17-24(21-6-4-5-7-22(21)26-17)25(31)18(2)28(3)16-23(30)27-19-8-10-20(11-9-19)29-12-14-32-15-13-29/h4-11,18,26H,12-16H2,1-3H3,(H,27,30)/t18-/m0/s1. The van der Waals surface area contributed by atoms with Gasteiger partial charge >= 0.3 is 0 Å². The molecule has 1 aromatic heterocycles. The van der Waals surface area contributed by atoms with E-state index >= 15 is 0 Å². The van der Waals surface area contributed by atoms with Crippen molar-refractivity contribution < 1.29 is 14.3 Å². The molecule has 0 spiro atoms. The Morgan fingerprint density at radius 2 is 1.81 bits per heavy atom. The van der Waals surface area contributed by atoms with Crippen molar-refractivity contribution in [3.63, 3.8) is 0 Å². The topological polar surface area (TPSA) is 77.7 Å². The number of ketones is 1. The van der Waals surface area contributed by atoms with E-state index in [4.69, 9.17) is 4.74 Å². The highest BCUT2D eigenvalue weighted by molar-refractivity contribution is 6.11. The summed E-state index contributed by atoms with van der Waals surface area (Å²) in [5, 5.41) is 3.85. The van der Waals surface area contributed by atoms with Crippen molar-refractivity contribution >= 4 is 34.0 Å². The minimum Gasteiger partial charge on any atom is -0.378 e. The molecule has 1 atom stereocenters. The van der Waals surface area contributed by atoms with Crippen LogP contribution in [0.5, 0.6) is 0 Å². The molecule has 3 aromatic rings. The van der Waals surface area contributed by atoms with Crippen LogP contribution in [0.15, 0.2) is 48.5 Å². The highest BCUT2D eigenvalue weighted by Gasteiger charge is 2.25. The number of benzene rings is 2. The molecule has 2 heterocycles. The quantitative estimate of drug-likeness (QED) is 0.557. The van der Waals surface area contributed by atoms with Crippen LogP contribution in [0.1, 0.15) is 23.0 Å². The number of para-hydroxylation sites is 1. The monoisotopic (exact) mass is 434 g/mol. The molecule has 168 valence electrons. The van der Waals surface area contributed by atoms with Gasteiger partial charge in [0.1, 0.15) is 0 Å². The summed E-state index contributed by atoms with van der Waals surface area (Å²) in [6, 6.07) is 15.2. The Labute approximate surface area is 188 Å². The van der Waals surface area contributed by atoms with Gasteiger partial charge < -0.3 is 19.9 Å². The number of fused-ring (bicyclic) bond motifs is 1. The van der Waals surface area contributed by atoms with Crippen molar-refractivity contribution in [1.29, 1.82) is 0 Å². The molecular weight excluding hydrogens is 404 g/mol. The maximum atomic E-state index is 13.2. The first-order valence-corrected chi connectivity index (χ1v) is 11.0. The number of nitrogens with one attached hydrogen (secondary N) is 2. The van der Waals surface area contributed by atoms with Crippen molar-refractivity contribution in [3.05, 3.63) is 59.8 Å². The van der Waals surface area contributed by atoms with Crippen LogP contribution in [-0.2, 0) is 9.53 Å². The van der Waals surface area contributed by atoms with Crippen LogP contribution in [0, 0.1) is 6.92 Å². The number of Topliss-reactive ketones (excluding diaryl/α,β-unsaturated/α-hetero) is 1. The summed E-state index contributed by atoms with van der Waals surface area (Å²) in [6.07, 6.45) is 0. The minimum atomic E-state index is -0.428. The summed E-state index contributed by atoms with van der Waals surface area (Å²) in [7, 11) is 1.80. The predicted octanol–water partition coefficient (Wildman–Crippen LogP) is 3.45. The maximum Gasteiger partial charge on any atom is 0.238 e. The Bertz CT molecular complexity index is 1100. The molecule has 32 heavy (non-hydrogen) atoms. The number of likely N-dealkylation sites (N-methyl/N-ethyl adjacent to an activating group) is 1. The zero-order valence-electron chi connectivity index (χ0n) is 18.9. The Morgan fingerprint density at radius 1 is 1.12 bits per heavy atom. The number of carbonyl (C=O) groups is 2. The number of nitrogens with zero attached hydrogens (tertiary/aromatic N) is 2. The van der Waals surface area contributed by atoms with Gasteiger partial charge in [0.15, 0.2) is 5.78 Å². The molecule has 1 saturated heterocycles. The zero-order valence-corrected chi connectivity index (χ0v) is 18.9. The van der Waals surface area contributed by atoms with Crippen LogP contribution >= 0.6 is 0 Å². The Balaban J connectivity index is 1.36. The molecule has 2 N–H and O–H groups in total. The first kappa shape index (κ1) is 22.0. The first-order valence-electron chi connectivity index (χ1n) is 11.0. The van der Waals surface area contributed by atoms with Crippen LogP contribution in [0.2, 0.25) is 0 Å². The molecule has 1 aliphatic heterocycles. The van der Waals surface area contributed by atoms with E-state index in [2.05, 4.69) is 15.2 Å². The molecule has 7 nitrogen and oxygen atoms in total. The third kappa shape index (κ3) is 4.69. The van der Waals surface area contributed by atoms with Crippen LogP contribution in [0.25, 0.3) is 10.9 Å². The van der Waals surface area contributed by atoms with E-state index in [-0.39, 0.29) is 18.2 Å². The lowest BCUT2D eigenvalue weighted by molar-refractivity contribution is -0.117. The van der Waals surface area contributed by atoms with Gasteiger partial charge in [0, 0.05) is 46.6 Å². The van der Waals surface area contributed by atoms with Gasteiger partial charge in [-0.25, -0.2) is 0 Å². The number of hydrogen-bond acceptors (Lipinski definition) is 5. The van der Waals surface area contributed by atoms with E-state index in [9.17, 15) is 9.59 Å². The predicted molar refractivity (Wildman–Crippen MR) is 128 cm³/mol. The van der Waals surface area contributed by atoms with Crippen LogP contribution in [-0.4, -0.2) is 67.5 Å². The second kappa shape index (κ2) is 9.54. The van der Waals surface area contributed by atoms with Crippen molar-refractivity contribution in [2.45, 2.75) is 19.9 Å². The van der Waals surface area contributed by atoms with E-state index in [0.29, 0.717) is 5.56 Å². The van der Waals surface area contributed by atoms with E-state index in [1.54, 1.807) is 11.9 Å². The van der Waals surface area contributed by atoms with E-state index in [0.717, 1.165) is 54.3 Å². The number of amides is 1. The van der Waals surface area contributed by atoms with E-state index < -0.39 is 6.04 Å². The summed E-state index contributed by atoms with van der Waals surface area (Å²) in [4.78, 5) is 33.1. The Kier molecular flexibility index (Phi) is 6.58. The van der Waals surface area contributed by atoms with E-state index in [1.165, 1.54) is 0 Å². The van der Waals surface area contributed by atoms with Gasteiger partial charge in [0.05, 0.1) is 25.8 Å². The first-order chi connectivity index (χ1) is 15.4. The van der Waals surface area contributed by atoms with Gasteiger partial charge in [-0.05, 0) is 51.2 Å². The highest BCUT2D eigenvalue weighted by Crippen LogP contribution is 2.24. The summed E-state index contributed by atoms with van der Waals surface area (Å²) < 4.78 is 5.39. The molecule has 0 radical (unpaired) electrons. The molecule has 1 amide bonds. The normalized spacial score (nSPS) is 15.2. The molecule has 0 aliphatic carbocycles. The maximum absolute atomic E-state index is 13.2. The summed E-state index contributed by atoms with van der Waals surface area (Å²) in [5.41, 5.74) is 4.35. The van der Waals surface area contributed by atoms with Crippen molar-refractivity contribution in [2.75, 3.05) is 50.1 Å². The number of aryl methyl sites for hydroxylation is 1. The third-order valence-electron chi connectivity index (χ3n) is 6.10. The average Bonchev–Trinajstić information content (AvgIpc) is 3.14. The molecule has 0 saturated carbocycles. The molecule has 1 fully saturated rings. The molecule has 0 unspecified atom stereocenters. The largest absolute Gasteiger partial charge is 0.378 e. The lowest BCUT2D eigenvalue weighted by Gasteiger charge is -2.29. The second-order valence-corrected chi connectivity index (χ2v) is 8.32. The molecule has 4 rings (SSSR count). The van der Waals surface area contributed by atoms with Gasteiger partial charge in [-0.3, -0.25) is 14.5 Å². The van der Waals surface area contributed by atoms with E-state index in [1.807, 2.05) is 62.4 Å². The number of anilines is 2.